The Labute approximate surface area is 203 Å². The van der Waals surface area contributed by atoms with Crippen molar-refractivity contribution >= 4 is 28.8 Å². The summed E-state index contributed by atoms with van der Waals surface area (Å²) < 4.78 is 0. The summed E-state index contributed by atoms with van der Waals surface area (Å²) in [7, 11) is 0. The summed E-state index contributed by atoms with van der Waals surface area (Å²) >= 11 is 1.67. The number of carbonyl (C=O) groups is 2. The van der Waals surface area contributed by atoms with Crippen molar-refractivity contribution in [1.29, 1.82) is 0 Å². The molecule has 34 heavy (non-hydrogen) atoms. The van der Waals surface area contributed by atoms with Crippen LogP contribution in [0.1, 0.15) is 30.2 Å². The van der Waals surface area contributed by atoms with Crippen molar-refractivity contribution in [2.75, 3.05) is 32.7 Å². The van der Waals surface area contributed by atoms with Gasteiger partial charge in [0.2, 0.25) is 11.8 Å². The predicted molar refractivity (Wildman–Crippen MR) is 130 cm³/mol. The zero-order chi connectivity index (χ0) is 24.1. The number of non-ortho nitro benzene ring substituents is 1. The summed E-state index contributed by atoms with van der Waals surface area (Å²) in [4.78, 5) is 43.7. The first kappa shape index (κ1) is 24.3. The molecule has 0 saturated carbocycles. The Balaban J connectivity index is 1.54. The molecule has 4 rings (SSSR count). The number of nitrogens with zero attached hydrogens (tertiary/aromatic N) is 4. The molecule has 2 unspecified atom stereocenters. The van der Waals surface area contributed by atoms with Crippen molar-refractivity contribution in [3.63, 3.8) is 0 Å². The Hall–Kier alpha value is -2.82. The summed E-state index contributed by atoms with van der Waals surface area (Å²) in [6.07, 6.45) is 1.49. The fourth-order valence-electron chi connectivity index (χ4n) is 4.81. The molecule has 2 aliphatic rings. The number of nitrogens with one attached hydrogen (secondary N) is 1. The summed E-state index contributed by atoms with van der Waals surface area (Å²) in [6.45, 7) is 6.35. The minimum Gasteiger partial charge on any atom is -0.340 e. The minimum absolute atomic E-state index is 0.0141. The Morgan fingerprint density at radius 2 is 1.97 bits per heavy atom. The highest BCUT2D eigenvalue weighted by Crippen LogP contribution is 2.28. The number of likely N-dealkylation sites (tertiary alicyclic amines) is 1. The molecule has 2 aliphatic heterocycles. The average molecular weight is 486 g/mol. The van der Waals surface area contributed by atoms with Crippen molar-refractivity contribution in [3.8, 4) is 0 Å². The van der Waals surface area contributed by atoms with E-state index in [9.17, 15) is 19.7 Å². The van der Waals surface area contributed by atoms with Crippen LogP contribution in [-0.2, 0) is 22.7 Å². The predicted octanol–water partition coefficient (Wildman–Crippen LogP) is 2.47. The second kappa shape index (κ2) is 11.1. The minimum atomic E-state index is -0.455. The van der Waals surface area contributed by atoms with Gasteiger partial charge in [-0.2, -0.15) is 0 Å². The molecule has 3 heterocycles. The van der Waals surface area contributed by atoms with Crippen LogP contribution in [0.2, 0.25) is 0 Å². The molecule has 2 amide bonds. The van der Waals surface area contributed by atoms with Gasteiger partial charge in [-0.25, -0.2) is 0 Å². The van der Waals surface area contributed by atoms with Crippen molar-refractivity contribution in [3.05, 3.63) is 62.3 Å². The number of benzene rings is 1. The van der Waals surface area contributed by atoms with Crippen LogP contribution in [0.5, 0.6) is 0 Å². The lowest BCUT2D eigenvalue weighted by molar-refractivity contribution is -0.384. The van der Waals surface area contributed by atoms with E-state index in [1.165, 1.54) is 23.9 Å². The van der Waals surface area contributed by atoms with E-state index in [4.69, 9.17) is 0 Å². The molecule has 9 nitrogen and oxygen atoms in total. The van der Waals surface area contributed by atoms with Crippen LogP contribution in [-0.4, -0.2) is 76.2 Å². The van der Waals surface area contributed by atoms with E-state index in [2.05, 4.69) is 16.3 Å². The molecule has 2 saturated heterocycles. The van der Waals surface area contributed by atoms with Gasteiger partial charge in [0.1, 0.15) is 6.04 Å². The van der Waals surface area contributed by atoms with Crippen LogP contribution in [0.25, 0.3) is 0 Å². The number of nitro benzene ring substituents is 1. The molecule has 0 radical (unpaired) electrons. The monoisotopic (exact) mass is 485 g/mol. The van der Waals surface area contributed by atoms with E-state index in [0.29, 0.717) is 39.1 Å². The molecule has 0 aliphatic carbocycles. The molecule has 2 atom stereocenters. The molecule has 2 fully saturated rings. The summed E-state index contributed by atoms with van der Waals surface area (Å²) in [5, 5.41) is 16.4. The maximum atomic E-state index is 13.4. The Morgan fingerprint density at radius 1 is 1.18 bits per heavy atom. The highest BCUT2D eigenvalue weighted by atomic mass is 32.1. The lowest BCUT2D eigenvalue weighted by Gasteiger charge is -2.28. The zero-order valence-corrected chi connectivity index (χ0v) is 20.2. The summed E-state index contributed by atoms with van der Waals surface area (Å²) in [6, 6.07) is 10.3. The van der Waals surface area contributed by atoms with Crippen LogP contribution in [0.4, 0.5) is 5.69 Å². The van der Waals surface area contributed by atoms with Gasteiger partial charge in [0.25, 0.3) is 5.69 Å². The summed E-state index contributed by atoms with van der Waals surface area (Å²) in [5.74, 6) is -0.0481. The van der Waals surface area contributed by atoms with Crippen molar-refractivity contribution in [2.24, 2.45) is 0 Å². The number of carbonyl (C=O) groups excluding carboxylic acids is 2. The van der Waals surface area contributed by atoms with Gasteiger partial charge in [0.15, 0.2) is 0 Å². The number of nitro groups is 1. The largest absolute Gasteiger partial charge is 0.340 e. The second-order valence-electron chi connectivity index (χ2n) is 8.91. The molecule has 1 N–H and O–H groups in total. The number of hydrogen-bond acceptors (Lipinski definition) is 7. The quantitative estimate of drug-likeness (QED) is 0.478. The van der Waals surface area contributed by atoms with E-state index in [0.717, 1.165) is 25.1 Å². The van der Waals surface area contributed by atoms with Crippen LogP contribution in [0.3, 0.4) is 0 Å². The average Bonchev–Trinajstić information content (AvgIpc) is 3.42. The first-order valence-electron chi connectivity index (χ1n) is 11.7. The van der Waals surface area contributed by atoms with E-state index in [-0.39, 0.29) is 23.5 Å². The molecule has 1 aromatic heterocycles. The van der Waals surface area contributed by atoms with Gasteiger partial charge in [-0.15, -0.1) is 11.3 Å². The van der Waals surface area contributed by atoms with Crippen LogP contribution in [0.15, 0.2) is 41.8 Å². The lowest BCUT2D eigenvalue weighted by Crippen LogP contribution is -2.48. The van der Waals surface area contributed by atoms with Crippen molar-refractivity contribution in [2.45, 2.75) is 44.9 Å². The Bertz CT molecular complexity index is 989. The first-order valence-corrected chi connectivity index (χ1v) is 12.6. The lowest BCUT2D eigenvalue weighted by atomic mass is 10.1. The van der Waals surface area contributed by atoms with Crippen molar-refractivity contribution in [1.82, 2.24) is 20.0 Å². The number of hydrogen-bond donors (Lipinski definition) is 1. The third-order valence-corrected chi connectivity index (χ3v) is 7.47. The molecule has 0 bridgehead atoms. The molecule has 2 aromatic rings. The summed E-state index contributed by atoms with van der Waals surface area (Å²) in [5.41, 5.74) is 1.03. The van der Waals surface area contributed by atoms with E-state index >= 15 is 0 Å². The van der Waals surface area contributed by atoms with Gasteiger partial charge >= 0.3 is 0 Å². The topological polar surface area (TPSA) is 99.0 Å². The maximum absolute atomic E-state index is 13.4. The van der Waals surface area contributed by atoms with E-state index < -0.39 is 11.0 Å². The molecule has 10 heteroatoms. The second-order valence-corrected chi connectivity index (χ2v) is 9.95. The van der Waals surface area contributed by atoms with Crippen molar-refractivity contribution < 1.29 is 14.5 Å². The smallest absolute Gasteiger partial charge is 0.269 e. The number of thiophene rings is 1. The van der Waals surface area contributed by atoms with Gasteiger partial charge < -0.3 is 15.1 Å². The molecule has 0 spiro atoms. The van der Waals surface area contributed by atoms with E-state index in [1.54, 1.807) is 28.4 Å². The Kier molecular flexibility index (Phi) is 7.91. The van der Waals surface area contributed by atoms with Gasteiger partial charge in [-0.1, -0.05) is 18.2 Å². The fraction of sp³-hybridized carbons (Fsp3) is 0.500. The van der Waals surface area contributed by atoms with Gasteiger partial charge in [0.05, 0.1) is 4.92 Å². The van der Waals surface area contributed by atoms with Gasteiger partial charge in [-0.05, 0) is 36.4 Å². The standard InChI is InChI=1S/C24H31N5O4S/c1-18(30)28-16-21(14-23(28)24(31)26-11-3-9-25-10-12-26)27(17-22-4-2-13-34-22)15-19-5-7-20(8-6-19)29(32)33/h2,4-8,13,21,23,25H,3,9-12,14-17H2,1H3. The SMILES string of the molecule is CC(=O)N1CC(N(Cc2ccc([N+](=O)[O-])cc2)Cc2cccs2)CC1C(=O)N1CCCNCC1. The van der Waals surface area contributed by atoms with E-state index in [1.807, 2.05) is 16.3 Å². The van der Waals surface area contributed by atoms with Crippen LogP contribution < -0.4 is 5.32 Å². The fourth-order valence-corrected chi connectivity index (χ4v) is 5.54. The molecular weight excluding hydrogens is 454 g/mol. The maximum Gasteiger partial charge on any atom is 0.269 e. The highest BCUT2D eigenvalue weighted by molar-refractivity contribution is 7.09. The van der Waals surface area contributed by atoms with Crippen LogP contribution >= 0.6 is 11.3 Å². The third-order valence-electron chi connectivity index (χ3n) is 6.61. The van der Waals surface area contributed by atoms with Gasteiger partial charge in [0, 0.05) is 69.2 Å². The van der Waals surface area contributed by atoms with Crippen LogP contribution in [0, 0.1) is 10.1 Å². The number of amides is 2. The molecule has 182 valence electrons. The molecule has 1 aromatic carbocycles. The highest BCUT2D eigenvalue weighted by Gasteiger charge is 2.42. The zero-order valence-electron chi connectivity index (χ0n) is 19.4. The number of rotatable bonds is 7. The normalized spacial score (nSPS) is 21.0. The Morgan fingerprint density at radius 3 is 2.65 bits per heavy atom. The third kappa shape index (κ3) is 5.81. The first-order chi connectivity index (χ1) is 16.4. The molecular formula is C24H31N5O4S. The van der Waals surface area contributed by atoms with Gasteiger partial charge in [-0.3, -0.25) is 24.6 Å².